The van der Waals surface area contributed by atoms with E-state index in [1.807, 2.05) is 24.3 Å². The van der Waals surface area contributed by atoms with Crippen LogP contribution in [0.2, 0.25) is 5.02 Å². The predicted molar refractivity (Wildman–Crippen MR) is 79.8 cm³/mol. The van der Waals surface area contributed by atoms with Gasteiger partial charge in [0, 0.05) is 17.1 Å². The molecule has 0 atom stereocenters. The lowest BCUT2D eigenvalue weighted by molar-refractivity contribution is 0.409. The molecule has 1 N–H and O–H groups in total. The minimum Gasteiger partial charge on any atom is -0.496 e. The molecular formula is C16H17ClFNO. The van der Waals surface area contributed by atoms with Gasteiger partial charge in [-0.05, 0) is 36.7 Å². The SMILES string of the molecule is COc1ccccc1CCNCc1ccc(Cl)cc1F. The average molecular weight is 294 g/mol. The van der Waals surface area contributed by atoms with Gasteiger partial charge in [0.05, 0.1) is 7.11 Å². The van der Waals surface area contributed by atoms with Gasteiger partial charge in [-0.3, -0.25) is 0 Å². The third kappa shape index (κ3) is 3.95. The van der Waals surface area contributed by atoms with E-state index in [-0.39, 0.29) is 5.82 Å². The van der Waals surface area contributed by atoms with Crippen LogP contribution in [-0.2, 0) is 13.0 Å². The van der Waals surface area contributed by atoms with Crippen molar-refractivity contribution in [3.63, 3.8) is 0 Å². The molecule has 0 fully saturated rings. The Bertz CT molecular complexity index is 574. The van der Waals surface area contributed by atoms with Gasteiger partial charge in [-0.2, -0.15) is 0 Å². The quantitative estimate of drug-likeness (QED) is 0.818. The van der Waals surface area contributed by atoms with Gasteiger partial charge in [0.15, 0.2) is 0 Å². The minimum atomic E-state index is -0.276. The summed E-state index contributed by atoms with van der Waals surface area (Å²) in [5.74, 6) is 0.606. The van der Waals surface area contributed by atoms with Crippen molar-refractivity contribution in [2.75, 3.05) is 13.7 Å². The highest BCUT2D eigenvalue weighted by atomic mass is 35.5. The minimum absolute atomic E-state index is 0.276. The second-order valence-corrected chi connectivity index (χ2v) is 4.91. The Morgan fingerprint density at radius 1 is 1.15 bits per heavy atom. The first-order valence-electron chi connectivity index (χ1n) is 6.47. The van der Waals surface area contributed by atoms with E-state index in [1.165, 1.54) is 6.07 Å². The van der Waals surface area contributed by atoms with Gasteiger partial charge in [-0.15, -0.1) is 0 Å². The van der Waals surface area contributed by atoms with Crippen molar-refractivity contribution < 1.29 is 9.13 Å². The van der Waals surface area contributed by atoms with Crippen LogP contribution in [0.25, 0.3) is 0 Å². The van der Waals surface area contributed by atoms with Crippen molar-refractivity contribution in [2.45, 2.75) is 13.0 Å². The zero-order chi connectivity index (χ0) is 14.4. The second kappa shape index (κ2) is 7.27. The van der Waals surface area contributed by atoms with E-state index in [9.17, 15) is 4.39 Å². The molecular weight excluding hydrogens is 277 g/mol. The molecule has 2 rings (SSSR count). The van der Waals surface area contributed by atoms with Crippen LogP contribution in [0.1, 0.15) is 11.1 Å². The lowest BCUT2D eigenvalue weighted by Crippen LogP contribution is -2.17. The number of rotatable bonds is 6. The summed E-state index contributed by atoms with van der Waals surface area (Å²) >= 11 is 5.72. The van der Waals surface area contributed by atoms with Crippen LogP contribution in [0, 0.1) is 5.82 Å². The molecule has 0 radical (unpaired) electrons. The van der Waals surface area contributed by atoms with Crippen molar-refractivity contribution in [1.82, 2.24) is 5.32 Å². The standard InChI is InChI=1S/C16H17ClFNO/c1-20-16-5-3-2-4-12(16)8-9-19-11-13-6-7-14(17)10-15(13)18/h2-7,10,19H,8-9,11H2,1H3. The zero-order valence-electron chi connectivity index (χ0n) is 11.3. The normalized spacial score (nSPS) is 10.6. The van der Waals surface area contributed by atoms with E-state index >= 15 is 0 Å². The summed E-state index contributed by atoms with van der Waals surface area (Å²) in [5.41, 5.74) is 1.76. The predicted octanol–water partition coefficient (Wildman–Crippen LogP) is 3.82. The van der Waals surface area contributed by atoms with E-state index in [0.29, 0.717) is 17.1 Å². The molecule has 0 saturated carbocycles. The summed E-state index contributed by atoms with van der Waals surface area (Å²) in [6.45, 7) is 1.24. The Labute approximate surface area is 123 Å². The highest BCUT2D eigenvalue weighted by Gasteiger charge is 2.04. The maximum Gasteiger partial charge on any atom is 0.129 e. The van der Waals surface area contributed by atoms with Gasteiger partial charge in [0.1, 0.15) is 11.6 Å². The van der Waals surface area contributed by atoms with Gasteiger partial charge in [-0.1, -0.05) is 35.9 Å². The molecule has 0 aliphatic rings. The van der Waals surface area contributed by atoms with Crippen LogP contribution in [0.5, 0.6) is 5.75 Å². The molecule has 0 saturated heterocycles. The van der Waals surface area contributed by atoms with Crippen LogP contribution < -0.4 is 10.1 Å². The summed E-state index contributed by atoms with van der Waals surface area (Å²) in [4.78, 5) is 0. The molecule has 0 heterocycles. The van der Waals surface area contributed by atoms with Gasteiger partial charge in [0.2, 0.25) is 0 Å². The van der Waals surface area contributed by atoms with Crippen molar-refractivity contribution in [1.29, 1.82) is 0 Å². The van der Waals surface area contributed by atoms with E-state index in [2.05, 4.69) is 5.32 Å². The highest BCUT2D eigenvalue weighted by molar-refractivity contribution is 6.30. The number of hydrogen-bond acceptors (Lipinski definition) is 2. The van der Waals surface area contributed by atoms with Crippen LogP contribution >= 0.6 is 11.6 Å². The average Bonchev–Trinajstić information content (AvgIpc) is 2.46. The molecule has 0 spiro atoms. The van der Waals surface area contributed by atoms with E-state index < -0.39 is 0 Å². The van der Waals surface area contributed by atoms with Crippen molar-refractivity contribution in [3.05, 3.63) is 64.4 Å². The third-order valence-electron chi connectivity index (χ3n) is 3.09. The lowest BCUT2D eigenvalue weighted by Gasteiger charge is -2.09. The summed E-state index contributed by atoms with van der Waals surface area (Å²) in [7, 11) is 1.66. The van der Waals surface area contributed by atoms with Crippen molar-refractivity contribution in [2.24, 2.45) is 0 Å². The van der Waals surface area contributed by atoms with Crippen molar-refractivity contribution in [3.8, 4) is 5.75 Å². The summed E-state index contributed by atoms with van der Waals surface area (Å²) < 4.78 is 18.9. The largest absolute Gasteiger partial charge is 0.496 e. The second-order valence-electron chi connectivity index (χ2n) is 4.47. The van der Waals surface area contributed by atoms with Gasteiger partial charge >= 0.3 is 0 Å². The molecule has 20 heavy (non-hydrogen) atoms. The van der Waals surface area contributed by atoms with E-state index in [0.717, 1.165) is 24.3 Å². The Balaban J connectivity index is 1.84. The number of ether oxygens (including phenoxy) is 1. The molecule has 0 bridgehead atoms. The number of nitrogens with one attached hydrogen (secondary N) is 1. The Hall–Kier alpha value is -1.58. The number of hydrogen-bond donors (Lipinski definition) is 1. The fraction of sp³-hybridized carbons (Fsp3) is 0.250. The molecule has 0 unspecified atom stereocenters. The zero-order valence-corrected chi connectivity index (χ0v) is 12.1. The monoisotopic (exact) mass is 293 g/mol. The molecule has 2 aromatic carbocycles. The lowest BCUT2D eigenvalue weighted by atomic mass is 10.1. The van der Waals surface area contributed by atoms with Crippen LogP contribution in [0.4, 0.5) is 4.39 Å². The van der Waals surface area contributed by atoms with E-state index in [4.69, 9.17) is 16.3 Å². The first-order valence-corrected chi connectivity index (χ1v) is 6.85. The van der Waals surface area contributed by atoms with E-state index in [1.54, 1.807) is 19.2 Å². The topological polar surface area (TPSA) is 21.3 Å². The molecule has 2 aromatic rings. The Kier molecular flexibility index (Phi) is 5.39. The fourth-order valence-electron chi connectivity index (χ4n) is 2.02. The summed E-state index contributed by atoms with van der Waals surface area (Å²) in [6.07, 6.45) is 0.833. The first-order chi connectivity index (χ1) is 9.70. The number of methoxy groups -OCH3 is 1. The third-order valence-corrected chi connectivity index (χ3v) is 3.33. The van der Waals surface area contributed by atoms with Crippen LogP contribution in [0.15, 0.2) is 42.5 Å². The molecule has 0 aromatic heterocycles. The Morgan fingerprint density at radius 2 is 1.95 bits per heavy atom. The molecule has 106 valence electrons. The molecule has 4 heteroatoms. The summed E-state index contributed by atoms with van der Waals surface area (Å²) in [6, 6.07) is 12.6. The molecule has 0 aliphatic carbocycles. The molecule has 0 amide bonds. The molecule has 2 nitrogen and oxygen atoms in total. The number of para-hydroxylation sites is 1. The maximum atomic E-state index is 13.6. The van der Waals surface area contributed by atoms with Crippen LogP contribution in [0.3, 0.4) is 0 Å². The number of halogens is 2. The van der Waals surface area contributed by atoms with Gasteiger partial charge < -0.3 is 10.1 Å². The molecule has 0 aliphatic heterocycles. The van der Waals surface area contributed by atoms with Crippen molar-refractivity contribution >= 4 is 11.6 Å². The van der Waals surface area contributed by atoms with Crippen LogP contribution in [-0.4, -0.2) is 13.7 Å². The highest BCUT2D eigenvalue weighted by Crippen LogP contribution is 2.17. The smallest absolute Gasteiger partial charge is 0.129 e. The Morgan fingerprint density at radius 3 is 2.70 bits per heavy atom. The summed E-state index contributed by atoms with van der Waals surface area (Å²) in [5, 5.41) is 3.64. The van der Waals surface area contributed by atoms with Gasteiger partial charge in [0.25, 0.3) is 0 Å². The maximum absolute atomic E-state index is 13.6. The first kappa shape index (κ1) is 14.8. The van der Waals surface area contributed by atoms with Gasteiger partial charge in [-0.25, -0.2) is 4.39 Å². The number of benzene rings is 2. The fourth-order valence-corrected chi connectivity index (χ4v) is 2.18.